The Morgan fingerprint density at radius 1 is 1.10 bits per heavy atom. The molecule has 0 spiro atoms. The molecule has 0 atom stereocenters. The van der Waals surface area contributed by atoms with Gasteiger partial charge in [0.2, 0.25) is 0 Å². The molecule has 1 amide bonds. The monoisotopic (exact) mass is 409 g/mol. The zero-order valence-corrected chi connectivity index (χ0v) is 18.8. The van der Waals surface area contributed by atoms with E-state index in [-0.39, 0.29) is 5.91 Å². The summed E-state index contributed by atoms with van der Waals surface area (Å²) in [5.74, 6) is 1.19. The highest BCUT2D eigenvalue weighted by molar-refractivity contribution is 5.98. The lowest BCUT2D eigenvalue weighted by molar-refractivity contribution is 0.0828. The number of rotatable bonds is 8. The number of carbonyl (C=O) groups is 1. The van der Waals surface area contributed by atoms with Crippen molar-refractivity contribution in [3.05, 3.63) is 53.7 Å². The van der Waals surface area contributed by atoms with Gasteiger partial charge in [0.1, 0.15) is 5.82 Å². The number of anilines is 2. The van der Waals surface area contributed by atoms with Crippen molar-refractivity contribution in [1.29, 1.82) is 0 Å². The molecule has 6 heteroatoms. The van der Waals surface area contributed by atoms with Crippen molar-refractivity contribution in [2.45, 2.75) is 26.2 Å². The molecule has 1 aliphatic rings. The van der Waals surface area contributed by atoms with E-state index in [9.17, 15) is 4.79 Å². The number of para-hydroxylation sites is 1. The van der Waals surface area contributed by atoms with Crippen LogP contribution in [0.15, 0.2) is 42.6 Å². The maximum atomic E-state index is 12.3. The SMILES string of the molecule is CC(C)c1ccccc1N1CCN(CCCNc2ncccc2C(=O)N(C)C)CC1. The second-order valence-electron chi connectivity index (χ2n) is 8.42. The summed E-state index contributed by atoms with van der Waals surface area (Å²) in [6, 6.07) is 12.4. The van der Waals surface area contributed by atoms with Gasteiger partial charge in [-0.2, -0.15) is 0 Å². The Kier molecular flexibility index (Phi) is 7.69. The molecule has 1 aromatic heterocycles. The summed E-state index contributed by atoms with van der Waals surface area (Å²) in [5.41, 5.74) is 3.45. The molecular formula is C24H35N5O. The topological polar surface area (TPSA) is 51.7 Å². The summed E-state index contributed by atoms with van der Waals surface area (Å²) < 4.78 is 0. The Morgan fingerprint density at radius 2 is 1.83 bits per heavy atom. The minimum Gasteiger partial charge on any atom is -0.369 e. The molecule has 1 aromatic carbocycles. The first-order valence-corrected chi connectivity index (χ1v) is 10.9. The number of hydrogen-bond acceptors (Lipinski definition) is 5. The average Bonchev–Trinajstić information content (AvgIpc) is 2.77. The number of benzene rings is 1. The van der Waals surface area contributed by atoms with Crippen LogP contribution in [0.1, 0.15) is 42.1 Å². The lowest BCUT2D eigenvalue weighted by Crippen LogP contribution is -2.47. The Bertz CT molecular complexity index is 828. The number of amides is 1. The van der Waals surface area contributed by atoms with Crippen LogP contribution in [0.5, 0.6) is 0 Å². The van der Waals surface area contributed by atoms with Gasteiger partial charge in [0.25, 0.3) is 5.91 Å². The van der Waals surface area contributed by atoms with Crippen molar-refractivity contribution in [2.75, 3.05) is 63.6 Å². The van der Waals surface area contributed by atoms with Crippen LogP contribution in [0.2, 0.25) is 0 Å². The van der Waals surface area contributed by atoms with Crippen LogP contribution in [-0.4, -0.2) is 74.1 Å². The Morgan fingerprint density at radius 3 is 2.53 bits per heavy atom. The highest BCUT2D eigenvalue weighted by Gasteiger charge is 2.19. The van der Waals surface area contributed by atoms with Crippen molar-refractivity contribution in [3.63, 3.8) is 0 Å². The quantitative estimate of drug-likeness (QED) is 0.676. The van der Waals surface area contributed by atoms with E-state index in [1.54, 1.807) is 31.3 Å². The number of nitrogens with one attached hydrogen (secondary N) is 1. The third-order valence-corrected chi connectivity index (χ3v) is 5.66. The lowest BCUT2D eigenvalue weighted by atomic mass is 10.00. The molecule has 3 rings (SSSR count). The van der Waals surface area contributed by atoms with Crippen molar-refractivity contribution < 1.29 is 4.79 Å². The summed E-state index contributed by atoms with van der Waals surface area (Å²) in [6.45, 7) is 10.7. The van der Waals surface area contributed by atoms with E-state index in [1.807, 2.05) is 6.07 Å². The third-order valence-electron chi connectivity index (χ3n) is 5.66. The van der Waals surface area contributed by atoms with Gasteiger partial charge in [-0.25, -0.2) is 4.98 Å². The summed E-state index contributed by atoms with van der Waals surface area (Å²) in [5, 5.41) is 3.35. The smallest absolute Gasteiger partial charge is 0.257 e. The molecular weight excluding hydrogens is 374 g/mol. The largest absolute Gasteiger partial charge is 0.369 e. The number of aromatic nitrogens is 1. The third kappa shape index (κ3) is 5.51. The second kappa shape index (κ2) is 10.4. The fourth-order valence-corrected chi connectivity index (χ4v) is 3.95. The van der Waals surface area contributed by atoms with Gasteiger partial charge in [0.15, 0.2) is 0 Å². The van der Waals surface area contributed by atoms with Crippen molar-refractivity contribution in [2.24, 2.45) is 0 Å². The standard InChI is InChI=1S/C24H35N5O/c1-19(2)20-9-5-6-11-22(20)29-17-15-28(16-18-29)14-8-13-26-23-21(10-7-12-25-23)24(30)27(3)4/h5-7,9-12,19H,8,13-18H2,1-4H3,(H,25,26). The number of pyridine rings is 1. The lowest BCUT2D eigenvalue weighted by Gasteiger charge is -2.37. The molecule has 2 aromatic rings. The molecule has 0 bridgehead atoms. The molecule has 1 fully saturated rings. The first kappa shape index (κ1) is 22.1. The van der Waals surface area contributed by atoms with Crippen molar-refractivity contribution in [1.82, 2.24) is 14.8 Å². The van der Waals surface area contributed by atoms with E-state index in [1.165, 1.54) is 11.3 Å². The minimum atomic E-state index is -0.0246. The fraction of sp³-hybridized carbons (Fsp3) is 0.500. The van der Waals surface area contributed by atoms with Gasteiger partial charge in [-0.05, 0) is 42.6 Å². The Balaban J connectivity index is 1.45. The molecule has 1 N–H and O–H groups in total. The van der Waals surface area contributed by atoms with E-state index < -0.39 is 0 Å². The molecule has 162 valence electrons. The Hall–Kier alpha value is -2.60. The van der Waals surface area contributed by atoms with E-state index in [0.29, 0.717) is 17.3 Å². The molecule has 1 saturated heterocycles. The van der Waals surface area contributed by atoms with Crippen LogP contribution in [-0.2, 0) is 0 Å². The molecule has 0 saturated carbocycles. The fourth-order valence-electron chi connectivity index (χ4n) is 3.95. The summed E-state index contributed by atoms with van der Waals surface area (Å²) in [6.07, 6.45) is 2.75. The van der Waals surface area contributed by atoms with Crippen LogP contribution in [0.3, 0.4) is 0 Å². The van der Waals surface area contributed by atoms with Gasteiger partial charge in [0.05, 0.1) is 5.56 Å². The predicted molar refractivity (Wildman–Crippen MR) is 125 cm³/mol. The number of nitrogens with zero attached hydrogens (tertiary/aromatic N) is 4. The van der Waals surface area contributed by atoms with Crippen LogP contribution < -0.4 is 10.2 Å². The highest BCUT2D eigenvalue weighted by atomic mass is 16.2. The van der Waals surface area contributed by atoms with Crippen LogP contribution in [0.25, 0.3) is 0 Å². The van der Waals surface area contributed by atoms with Crippen molar-refractivity contribution >= 4 is 17.4 Å². The molecule has 30 heavy (non-hydrogen) atoms. The van der Waals surface area contributed by atoms with Crippen LogP contribution in [0, 0.1) is 0 Å². The van der Waals surface area contributed by atoms with Crippen molar-refractivity contribution in [3.8, 4) is 0 Å². The molecule has 0 aliphatic carbocycles. The van der Waals surface area contributed by atoms with E-state index in [2.05, 4.69) is 58.2 Å². The van der Waals surface area contributed by atoms with Crippen LogP contribution >= 0.6 is 0 Å². The van der Waals surface area contributed by atoms with E-state index in [0.717, 1.165) is 45.7 Å². The molecule has 6 nitrogen and oxygen atoms in total. The van der Waals surface area contributed by atoms with Gasteiger partial charge in [-0.1, -0.05) is 32.0 Å². The number of hydrogen-bond donors (Lipinski definition) is 1. The molecule has 0 unspecified atom stereocenters. The van der Waals surface area contributed by atoms with E-state index in [4.69, 9.17) is 0 Å². The maximum Gasteiger partial charge on any atom is 0.257 e. The van der Waals surface area contributed by atoms with Gasteiger partial charge < -0.3 is 15.1 Å². The highest BCUT2D eigenvalue weighted by Crippen LogP contribution is 2.28. The maximum absolute atomic E-state index is 12.3. The van der Waals surface area contributed by atoms with Gasteiger partial charge in [-0.15, -0.1) is 0 Å². The molecule has 0 radical (unpaired) electrons. The van der Waals surface area contributed by atoms with Gasteiger partial charge >= 0.3 is 0 Å². The number of carbonyl (C=O) groups excluding carboxylic acids is 1. The summed E-state index contributed by atoms with van der Waals surface area (Å²) in [4.78, 5) is 23.3. The predicted octanol–water partition coefficient (Wildman–Crippen LogP) is 3.53. The average molecular weight is 410 g/mol. The minimum absolute atomic E-state index is 0.0246. The first-order valence-electron chi connectivity index (χ1n) is 10.9. The normalized spacial score (nSPS) is 14.8. The molecule has 2 heterocycles. The first-order chi connectivity index (χ1) is 14.5. The molecule has 1 aliphatic heterocycles. The second-order valence-corrected chi connectivity index (χ2v) is 8.42. The van der Waals surface area contributed by atoms with Crippen LogP contribution in [0.4, 0.5) is 11.5 Å². The van der Waals surface area contributed by atoms with E-state index >= 15 is 0 Å². The number of piperazine rings is 1. The summed E-state index contributed by atoms with van der Waals surface area (Å²) in [7, 11) is 3.52. The zero-order valence-electron chi connectivity index (χ0n) is 18.8. The van der Waals surface area contributed by atoms with Gasteiger partial charge in [-0.3, -0.25) is 9.69 Å². The van der Waals surface area contributed by atoms with Gasteiger partial charge in [0, 0.05) is 58.7 Å². The Labute approximate surface area is 180 Å². The summed E-state index contributed by atoms with van der Waals surface area (Å²) >= 11 is 0. The zero-order chi connectivity index (χ0) is 21.5.